The number of benzene rings is 1. The Morgan fingerprint density at radius 1 is 1.21 bits per heavy atom. The number of ketones is 2. The molecule has 10 heteroatoms. The van der Waals surface area contributed by atoms with Crippen LogP contribution in [0.4, 0.5) is 0 Å². The topological polar surface area (TPSA) is 118 Å². The highest BCUT2D eigenvalue weighted by Gasteiger charge is 2.56. The Morgan fingerprint density at radius 2 is 1.92 bits per heavy atom. The van der Waals surface area contributed by atoms with Crippen molar-refractivity contribution in [3.8, 4) is 23.3 Å². The number of piperazine rings is 1. The molecule has 1 aliphatic carbocycles. The number of ether oxygens (including phenoxy) is 4. The van der Waals surface area contributed by atoms with Crippen molar-refractivity contribution >= 4 is 23.6 Å². The zero-order valence-corrected chi connectivity index (χ0v) is 22.7. The lowest BCUT2D eigenvalue weighted by Crippen LogP contribution is -2.65. The van der Waals surface area contributed by atoms with Crippen molar-refractivity contribution in [2.75, 3.05) is 21.0 Å². The Kier molecular flexibility index (Phi) is 5.63. The number of esters is 1. The highest BCUT2D eigenvalue weighted by molar-refractivity contribution is 6.25. The van der Waals surface area contributed by atoms with Crippen molar-refractivity contribution < 1.29 is 33.3 Å². The number of hydrogen-bond acceptors (Lipinski definition) is 10. The number of nitrogens with zero attached hydrogens (tertiary/aromatic N) is 3. The molecule has 0 unspecified atom stereocenters. The minimum Gasteiger partial charge on any atom is -0.492 e. The van der Waals surface area contributed by atoms with Crippen molar-refractivity contribution in [3.63, 3.8) is 0 Å². The van der Waals surface area contributed by atoms with E-state index in [0.717, 1.165) is 5.56 Å². The van der Waals surface area contributed by atoms with Crippen molar-refractivity contribution in [2.24, 2.45) is 0 Å². The molecule has 4 atom stereocenters. The van der Waals surface area contributed by atoms with Gasteiger partial charge in [0.05, 0.1) is 25.3 Å². The second kappa shape index (κ2) is 8.71. The van der Waals surface area contributed by atoms with E-state index >= 15 is 0 Å². The lowest BCUT2D eigenvalue weighted by Gasteiger charge is -2.57. The van der Waals surface area contributed by atoms with Gasteiger partial charge in [-0.1, -0.05) is 6.92 Å². The molecule has 0 aromatic heterocycles. The first-order chi connectivity index (χ1) is 18.7. The van der Waals surface area contributed by atoms with E-state index in [9.17, 15) is 19.6 Å². The molecule has 39 heavy (non-hydrogen) atoms. The molecule has 0 amide bonds. The number of fused-ring (bicyclic) bond motifs is 8. The van der Waals surface area contributed by atoms with Crippen LogP contribution in [0.15, 0.2) is 28.2 Å². The maximum atomic E-state index is 13.8. The molecule has 0 radical (unpaired) electrons. The van der Waals surface area contributed by atoms with Crippen LogP contribution in [0.5, 0.6) is 17.2 Å². The lowest BCUT2D eigenvalue weighted by molar-refractivity contribution is -0.132. The van der Waals surface area contributed by atoms with Gasteiger partial charge in [-0.2, -0.15) is 5.26 Å². The Morgan fingerprint density at radius 3 is 2.56 bits per heavy atom. The van der Waals surface area contributed by atoms with Gasteiger partial charge in [0, 0.05) is 52.1 Å². The van der Waals surface area contributed by atoms with Crippen LogP contribution in [0.1, 0.15) is 56.3 Å². The van der Waals surface area contributed by atoms with Crippen LogP contribution in [0.3, 0.4) is 0 Å². The van der Waals surface area contributed by atoms with Crippen LogP contribution in [0.2, 0.25) is 0 Å². The van der Waals surface area contributed by atoms with Crippen LogP contribution >= 0.6 is 0 Å². The third-order valence-corrected chi connectivity index (χ3v) is 8.59. The minimum absolute atomic E-state index is 0.0349. The summed E-state index contributed by atoms with van der Waals surface area (Å²) in [4.78, 5) is 43.5. The highest BCUT2D eigenvalue weighted by Crippen LogP contribution is 2.57. The molecule has 202 valence electrons. The fourth-order valence-corrected chi connectivity index (χ4v) is 6.96. The molecule has 0 N–H and O–H groups in total. The van der Waals surface area contributed by atoms with Gasteiger partial charge in [-0.25, -0.2) is 0 Å². The Balaban J connectivity index is 1.66. The Bertz CT molecular complexity index is 1510. The standard InChI is InChI=1S/C29H29N3O7/c1-7-17-21-16(26(39-14(4)33)13(3)28-29(21)38-11-37-28)9-19-23-22-15(24(34)12(2)27(36-6)25(22)35)8-18(31(23)5)20(10-30)32(17)19/h9,17-18,20,23H,7-8,11H2,1-6H3/t17-,18-,20-,23-/m0/s1. The number of allylic oxidation sites excluding steroid dienone is 2. The van der Waals surface area contributed by atoms with E-state index in [-0.39, 0.29) is 48.2 Å². The van der Waals surface area contributed by atoms with Crippen molar-refractivity contribution in [1.29, 1.82) is 5.26 Å². The van der Waals surface area contributed by atoms with Gasteiger partial charge in [0.2, 0.25) is 12.6 Å². The number of carbonyl (C=O) groups excluding carboxylic acids is 3. The van der Waals surface area contributed by atoms with Crippen molar-refractivity contribution in [1.82, 2.24) is 9.80 Å². The smallest absolute Gasteiger partial charge is 0.308 e. The average Bonchev–Trinajstić information content (AvgIpc) is 3.39. The summed E-state index contributed by atoms with van der Waals surface area (Å²) in [5, 5.41) is 10.5. The molecule has 0 saturated carbocycles. The second-order valence-electron chi connectivity index (χ2n) is 10.5. The van der Waals surface area contributed by atoms with Gasteiger partial charge >= 0.3 is 5.97 Å². The second-order valence-corrected chi connectivity index (χ2v) is 10.5. The average molecular weight is 532 g/mol. The number of carbonyl (C=O) groups is 3. The predicted molar refractivity (Wildman–Crippen MR) is 138 cm³/mol. The van der Waals surface area contributed by atoms with Gasteiger partial charge in [-0.3, -0.25) is 19.3 Å². The van der Waals surface area contributed by atoms with Crippen LogP contribution < -0.4 is 14.2 Å². The normalized spacial score (nSPS) is 27.0. The molecular formula is C29H29N3O7. The molecular weight excluding hydrogens is 502 g/mol. The summed E-state index contributed by atoms with van der Waals surface area (Å²) in [6.07, 6.45) is 2.75. The summed E-state index contributed by atoms with van der Waals surface area (Å²) in [6, 6.07) is 0.620. The first-order valence-corrected chi connectivity index (χ1v) is 13.0. The van der Waals surface area contributed by atoms with Gasteiger partial charge < -0.3 is 23.8 Å². The minimum atomic E-state index is -0.614. The van der Waals surface area contributed by atoms with Crippen LogP contribution in [-0.4, -0.2) is 66.4 Å². The van der Waals surface area contributed by atoms with Gasteiger partial charge in [-0.05, 0) is 39.8 Å². The molecule has 1 aromatic rings. The molecule has 4 heterocycles. The summed E-state index contributed by atoms with van der Waals surface area (Å²) in [7, 11) is 3.27. The van der Waals surface area contributed by atoms with Crippen molar-refractivity contribution in [3.05, 3.63) is 44.9 Å². The van der Waals surface area contributed by atoms with E-state index in [0.29, 0.717) is 51.6 Å². The lowest BCUT2D eigenvalue weighted by atomic mass is 9.71. The zero-order chi connectivity index (χ0) is 27.9. The monoisotopic (exact) mass is 531 g/mol. The van der Waals surface area contributed by atoms with E-state index in [4.69, 9.17) is 18.9 Å². The zero-order valence-electron chi connectivity index (χ0n) is 22.7. The highest BCUT2D eigenvalue weighted by atomic mass is 16.7. The Hall–Kier alpha value is -4.10. The van der Waals surface area contributed by atoms with E-state index in [1.807, 2.05) is 31.9 Å². The SMILES string of the molecule is CC[C@H]1c2c(c(OC(C)=O)c(C)c3c2OCO3)C=C2[C@H]3C4=C(C[C@@H]([C@H](C#N)N21)N3C)C(=O)C(C)=C(OC)C4=O. The van der Waals surface area contributed by atoms with Crippen LogP contribution in [0.25, 0.3) is 6.08 Å². The van der Waals surface area contributed by atoms with E-state index < -0.39 is 18.1 Å². The van der Waals surface area contributed by atoms with E-state index in [2.05, 4.69) is 11.0 Å². The number of likely N-dealkylation sites (N-methyl/N-ethyl adjacent to an activating group) is 1. The summed E-state index contributed by atoms with van der Waals surface area (Å²) in [6.45, 7) is 6.80. The summed E-state index contributed by atoms with van der Waals surface area (Å²) < 4.78 is 22.9. The first-order valence-electron chi connectivity index (χ1n) is 13.0. The fraction of sp³-hybridized carbons (Fsp3) is 0.448. The predicted octanol–water partition coefficient (Wildman–Crippen LogP) is 3.10. The fourth-order valence-electron chi connectivity index (χ4n) is 6.96. The first kappa shape index (κ1) is 25.2. The molecule has 10 nitrogen and oxygen atoms in total. The molecule has 5 aliphatic rings. The number of methoxy groups -OCH3 is 1. The molecule has 2 bridgehead atoms. The van der Waals surface area contributed by atoms with Gasteiger partial charge in [-0.15, -0.1) is 0 Å². The molecule has 1 saturated heterocycles. The van der Waals surface area contributed by atoms with Crippen molar-refractivity contribution in [2.45, 2.75) is 64.7 Å². The number of hydrogen-bond donors (Lipinski definition) is 0. The molecule has 6 rings (SSSR count). The van der Waals surface area contributed by atoms with Gasteiger partial charge in [0.1, 0.15) is 11.8 Å². The van der Waals surface area contributed by atoms with Crippen LogP contribution in [0, 0.1) is 18.3 Å². The largest absolute Gasteiger partial charge is 0.492 e. The summed E-state index contributed by atoms with van der Waals surface area (Å²) in [5.41, 5.74) is 3.84. The quantitative estimate of drug-likeness (QED) is 0.327. The molecule has 1 aromatic carbocycles. The molecule has 0 spiro atoms. The summed E-state index contributed by atoms with van der Waals surface area (Å²) in [5.74, 6) is 0.468. The van der Waals surface area contributed by atoms with Gasteiger partial charge in [0.15, 0.2) is 23.0 Å². The number of nitriles is 1. The third kappa shape index (κ3) is 3.20. The van der Waals surface area contributed by atoms with E-state index in [1.54, 1.807) is 6.92 Å². The summed E-state index contributed by atoms with van der Waals surface area (Å²) >= 11 is 0. The molecule has 4 aliphatic heterocycles. The number of Topliss-reactive ketones (excluding diaryl/α,β-unsaturated/α-hetero) is 2. The maximum absolute atomic E-state index is 13.8. The molecule has 1 fully saturated rings. The van der Waals surface area contributed by atoms with Crippen LogP contribution in [-0.2, 0) is 19.1 Å². The van der Waals surface area contributed by atoms with Gasteiger partial charge in [0.25, 0.3) is 0 Å². The number of rotatable bonds is 3. The third-order valence-electron chi connectivity index (χ3n) is 8.59. The van der Waals surface area contributed by atoms with E-state index in [1.165, 1.54) is 14.0 Å². The Labute approximate surface area is 226 Å². The maximum Gasteiger partial charge on any atom is 0.308 e.